The van der Waals surface area contributed by atoms with Crippen molar-refractivity contribution in [2.45, 2.75) is 0 Å². The first-order valence-electron chi connectivity index (χ1n) is 7.71. The largest absolute Gasteiger partial charge is 0.477 e. The second-order valence-electron chi connectivity index (χ2n) is 5.37. The molecule has 0 atom stereocenters. The van der Waals surface area contributed by atoms with Gasteiger partial charge < -0.3 is 14.8 Å². The lowest BCUT2D eigenvalue weighted by molar-refractivity contribution is -0.132. The van der Waals surface area contributed by atoms with Crippen molar-refractivity contribution in [3.63, 3.8) is 0 Å². The second-order valence-corrected chi connectivity index (χ2v) is 6.22. The Bertz CT molecular complexity index is 976. The molecule has 6 heteroatoms. The van der Waals surface area contributed by atoms with Crippen LogP contribution in [0.5, 0.6) is 0 Å². The zero-order valence-electron chi connectivity index (χ0n) is 13.5. The number of benzene rings is 2. The fourth-order valence-electron chi connectivity index (χ4n) is 2.32. The van der Waals surface area contributed by atoms with E-state index < -0.39 is 11.9 Å². The van der Waals surface area contributed by atoms with Crippen molar-refractivity contribution < 1.29 is 19.1 Å². The highest BCUT2D eigenvalue weighted by Gasteiger charge is 2.16. The molecule has 130 valence electrons. The van der Waals surface area contributed by atoms with E-state index >= 15 is 0 Å². The first-order chi connectivity index (χ1) is 12.5. The van der Waals surface area contributed by atoms with E-state index in [-0.39, 0.29) is 5.70 Å². The molecule has 1 heterocycles. The fraction of sp³-hybridized carbons (Fsp3) is 0. The minimum absolute atomic E-state index is 0.278. The number of halogens is 1. The van der Waals surface area contributed by atoms with Gasteiger partial charge in [0, 0.05) is 16.1 Å². The number of carboxylic acids is 1. The van der Waals surface area contributed by atoms with Gasteiger partial charge in [-0.05, 0) is 40.2 Å². The normalized spacial score (nSPS) is 11.2. The van der Waals surface area contributed by atoms with Gasteiger partial charge in [-0.25, -0.2) is 4.79 Å². The van der Waals surface area contributed by atoms with Gasteiger partial charge in [0.05, 0.1) is 5.56 Å². The molecule has 26 heavy (non-hydrogen) atoms. The van der Waals surface area contributed by atoms with Crippen LogP contribution in [0.1, 0.15) is 16.1 Å². The summed E-state index contributed by atoms with van der Waals surface area (Å²) in [6, 6.07) is 19.6. The summed E-state index contributed by atoms with van der Waals surface area (Å²) in [5.74, 6) is -0.851. The molecular formula is C20H14BrNO4. The van der Waals surface area contributed by atoms with E-state index in [1.807, 2.05) is 30.3 Å². The van der Waals surface area contributed by atoms with Crippen LogP contribution >= 0.6 is 15.9 Å². The van der Waals surface area contributed by atoms with E-state index in [1.165, 1.54) is 6.08 Å². The highest BCUT2D eigenvalue weighted by Crippen LogP contribution is 2.23. The minimum atomic E-state index is -1.26. The third-order valence-electron chi connectivity index (χ3n) is 3.57. The van der Waals surface area contributed by atoms with E-state index in [9.17, 15) is 14.7 Å². The number of aliphatic carboxylic acids is 1. The predicted octanol–water partition coefficient (Wildman–Crippen LogP) is 4.56. The van der Waals surface area contributed by atoms with E-state index in [1.54, 1.807) is 36.4 Å². The van der Waals surface area contributed by atoms with Gasteiger partial charge in [-0.15, -0.1) is 0 Å². The molecule has 0 saturated carbocycles. The molecule has 0 aliphatic carbocycles. The molecule has 1 amide bonds. The fourth-order valence-corrected chi connectivity index (χ4v) is 2.78. The molecule has 0 bridgehead atoms. The van der Waals surface area contributed by atoms with Crippen molar-refractivity contribution in [2.75, 3.05) is 0 Å². The highest BCUT2D eigenvalue weighted by molar-refractivity contribution is 9.10. The molecule has 0 fully saturated rings. The first-order valence-corrected chi connectivity index (χ1v) is 8.50. The van der Waals surface area contributed by atoms with E-state index in [0.717, 1.165) is 5.56 Å². The number of carbonyl (C=O) groups is 2. The number of hydrogen-bond donors (Lipinski definition) is 2. The predicted molar refractivity (Wildman–Crippen MR) is 101 cm³/mol. The highest BCUT2D eigenvalue weighted by atomic mass is 79.9. The Morgan fingerprint density at radius 3 is 2.35 bits per heavy atom. The summed E-state index contributed by atoms with van der Waals surface area (Å²) in [7, 11) is 0. The Balaban J connectivity index is 1.84. The zero-order valence-corrected chi connectivity index (χ0v) is 15.1. The Kier molecular flexibility index (Phi) is 5.34. The number of furan rings is 1. The SMILES string of the molecule is O=C(O)/C(=C/c1ccc(-c2ccccc2)o1)NC(=O)c1ccccc1Br. The molecule has 0 spiro atoms. The van der Waals surface area contributed by atoms with Gasteiger partial charge >= 0.3 is 5.97 Å². The Morgan fingerprint density at radius 1 is 0.962 bits per heavy atom. The Labute approximate surface area is 158 Å². The number of rotatable bonds is 5. The van der Waals surface area contributed by atoms with E-state index in [4.69, 9.17) is 4.42 Å². The summed E-state index contributed by atoms with van der Waals surface area (Å²) in [5, 5.41) is 11.8. The summed E-state index contributed by atoms with van der Waals surface area (Å²) >= 11 is 3.27. The number of carbonyl (C=O) groups excluding carboxylic acids is 1. The minimum Gasteiger partial charge on any atom is -0.477 e. The van der Waals surface area contributed by atoms with Crippen LogP contribution in [0.3, 0.4) is 0 Å². The van der Waals surface area contributed by atoms with Gasteiger partial charge in [-0.1, -0.05) is 42.5 Å². The average molecular weight is 412 g/mol. The van der Waals surface area contributed by atoms with Crippen molar-refractivity contribution >= 4 is 33.9 Å². The van der Waals surface area contributed by atoms with Crippen molar-refractivity contribution in [1.29, 1.82) is 0 Å². The van der Waals surface area contributed by atoms with Crippen molar-refractivity contribution in [2.24, 2.45) is 0 Å². The topological polar surface area (TPSA) is 79.5 Å². The summed E-state index contributed by atoms with van der Waals surface area (Å²) in [6.07, 6.45) is 1.28. The van der Waals surface area contributed by atoms with Gasteiger partial charge in [-0.3, -0.25) is 4.79 Å². The quantitative estimate of drug-likeness (QED) is 0.602. The molecule has 0 radical (unpaired) electrons. The molecular weight excluding hydrogens is 398 g/mol. The van der Waals surface area contributed by atoms with Gasteiger partial charge in [0.15, 0.2) is 0 Å². The summed E-state index contributed by atoms with van der Waals surface area (Å²) in [5.41, 5.74) is 0.935. The molecule has 2 N–H and O–H groups in total. The van der Waals surface area contributed by atoms with Crippen LogP contribution in [0.15, 0.2) is 81.3 Å². The van der Waals surface area contributed by atoms with Crippen LogP contribution in [0.2, 0.25) is 0 Å². The summed E-state index contributed by atoms with van der Waals surface area (Å²) in [6.45, 7) is 0. The third-order valence-corrected chi connectivity index (χ3v) is 4.26. The second kappa shape index (κ2) is 7.84. The number of nitrogens with one attached hydrogen (secondary N) is 1. The molecule has 5 nitrogen and oxygen atoms in total. The maximum atomic E-state index is 12.3. The summed E-state index contributed by atoms with van der Waals surface area (Å²) in [4.78, 5) is 23.8. The van der Waals surface area contributed by atoms with Gasteiger partial charge in [0.25, 0.3) is 5.91 Å². The van der Waals surface area contributed by atoms with Crippen molar-refractivity contribution in [3.8, 4) is 11.3 Å². The Hall–Kier alpha value is -3.12. The molecule has 2 aromatic carbocycles. The lowest BCUT2D eigenvalue weighted by atomic mass is 10.2. The number of amides is 1. The molecule has 3 aromatic rings. The van der Waals surface area contributed by atoms with Crippen molar-refractivity contribution in [3.05, 3.63) is 88.2 Å². The zero-order chi connectivity index (χ0) is 18.5. The first kappa shape index (κ1) is 17.7. The van der Waals surface area contributed by atoms with Crippen LogP contribution in [-0.2, 0) is 4.79 Å². The standard InChI is InChI=1S/C20H14BrNO4/c21-16-9-5-4-8-15(16)19(23)22-17(20(24)25)12-14-10-11-18(26-14)13-6-2-1-3-7-13/h1-12H,(H,22,23)(H,24,25)/b17-12-. The maximum Gasteiger partial charge on any atom is 0.352 e. The monoisotopic (exact) mass is 411 g/mol. The van der Waals surface area contributed by atoms with Crippen molar-refractivity contribution in [1.82, 2.24) is 5.32 Å². The van der Waals surface area contributed by atoms with Gasteiger partial charge in [0.2, 0.25) is 0 Å². The smallest absolute Gasteiger partial charge is 0.352 e. The van der Waals surface area contributed by atoms with Crippen LogP contribution in [-0.4, -0.2) is 17.0 Å². The van der Waals surface area contributed by atoms with Gasteiger partial charge in [0.1, 0.15) is 17.2 Å². The molecule has 0 unspecified atom stereocenters. The van der Waals surface area contributed by atoms with Crippen LogP contribution in [0, 0.1) is 0 Å². The number of hydrogen-bond acceptors (Lipinski definition) is 3. The molecule has 1 aromatic heterocycles. The lowest BCUT2D eigenvalue weighted by Crippen LogP contribution is -2.27. The third kappa shape index (κ3) is 4.10. The maximum absolute atomic E-state index is 12.3. The van der Waals surface area contributed by atoms with Crippen LogP contribution < -0.4 is 5.32 Å². The molecule has 3 rings (SSSR count). The molecule has 0 aliphatic rings. The number of carboxylic acid groups (broad SMARTS) is 1. The van der Waals surface area contributed by atoms with Gasteiger partial charge in [-0.2, -0.15) is 0 Å². The van der Waals surface area contributed by atoms with Crippen LogP contribution in [0.25, 0.3) is 17.4 Å². The van der Waals surface area contributed by atoms with E-state index in [0.29, 0.717) is 21.6 Å². The lowest BCUT2D eigenvalue weighted by Gasteiger charge is -2.07. The van der Waals surface area contributed by atoms with E-state index in [2.05, 4.69) is 21.2 Å². The average Bonchev–Trinajstić information content (AvgIpc) is 3.11. The molecule has 0 saturated heterocycles. The van der Waals surface area contributed by atoms with Crippen LogP contribution in [0.4, 0.5) is 0 Å². The Morgan fingerprint density at radius 2 is 1.65 bits per heavy atom. The molecule has 0 aliphatic heterocycles. The summed E-state index contributed by atoms with van der Waals surface area (Å²) < 4.78 is 6.24.